The number of hydrogen-bond acceptors (Lipinski definition) is 2. The first-order valence-electron chi connectivity index (χ1n) is 7.67. The number of guanidine groups is 1. The Labute approximate surface area is 127 Å². The first kappa shape index (κ1) is 15.4. The molecule has 0 unspecified atom stereocenters. The Hall–Kier alpha value is -1.03. The summed E-state index contributed by atoms with van der Waals surface area (Å²) in [5.41, 5.74) is 0.281. The van der Waals surface area contributed by atoms with Gasteiger partial charge in [-0.05, 0) is 31.2 Å². The van der Waals surface area contributed by atoms with E-state index in [9.17, 15) is 0 Å². The zero-order valence-corrected chi connectivity index (χ0v) is 13.8. The van der Waals surface area contributed by atoms with Crippen LogP contribution < -0.4 is 5.32 Å². The molecular weight excluding hydrogens is 266 g/mol. The van der Waals surface area contributed by atoms with E-state index in [1.807, 2.05) is 11.3 Å². The van der Waals surface area contributed by atoms with Gasteiger partial charge in [0.2, 0.25) is 0 Å². The Kier molecular flexibility index (Phi) is 5.46. The lowest BCUT2D eigenvalue weighted by Crippen LogP contribution is -2.39. The molecule has 0 amide bonds. The van der Waals surface area contributed by atoms with Crippen molar-refractivity contribution in [1.82, 2.24) is 10.2 Å². The van der Waals surface area contributed by atoms with Crippen LogP contribution in [0.1, 0.15) is 43.9 Å². The van der Waals surface area contributed by atoms with Crippen LogP contribution in [-0.2, 0) is 5.41 Å². The van der Waals surface area contributed by atoms with Gasteiger partial charge in [-0.3, -0.25) is 4.99 Å². The minimum absolute atomic E-state index is 0.281. The molecule has 0 atom stereocenters. The van der Waals surface area contributed by atoms with Crippen LogP contribution in [0.2, 0.25) is 0 Å². The molecule has 0 spiro atoms. The SMILES string of the molecule is CCNC(=NCC1(c2cccs2)CCCCC1)N(C)C. The minimum Gasteiger partial charge on any atom is -0.357 e. The monoisotopic (exact) mass is 293 g/mol. The van der Waals surface area contributed by atoms with E-state index in [1.165, 1.54) is 37.0 Å². The van der Waals surface area contributed by atoms with E-state index in [0.717, 1.165) is 19.0 Å². The summed E-state index contributed by atoms with van der Waals surface area (Å²) >= 11 is 1.90. The predicted molar refractivity (Wildman–Crippen MR) is 88.7 cm³/mol. The lowest BCUT2D eigenvalue weighted by atomic mass is 9.73. The van der Waals surface area contributed by atoms with Crippen molar-refractivity contribution in [3.63, 3.8) is 0 Å². The number of aliphatic imine (C=N–C) groups is 1. The summed E-state index contributed by atoms with van der Waals surface area (Å²) in [4.78, 5) is 8.50. The van der Waals surface area contributed by atoms with Gasteiger partial charge in [-0.1, -0.05) is 25.3 Å². The highest BCUT2D eigenvalue weighted by molar-refractivity contribution is 7.10. The van der Waals surface area contributed by atoms with Gasteiger partial charge in [-0.15, -0.1) is 11.3 Å². The van der Waals surface area contributed by atoms with E-state index in [0.29, 0.717) is 0 Å². The largest absolute Gasteiger partial charge is 0.357 e. The molecule has 1 aliphatic carbocycles. The first-order valence-corrected chi connectivity index (χ1v) is 8.55. The number of nitrogens with one attached hydrogen (secondary N) is 1. The van der Waals surface area contributed by atoms with Gasteiger partial charge in [0.25, 0.3) is 0 Å². The molecule has 1 saturated carbocycles. The van der Waals surface area contributed by atoms with Crippen molar-refractivity contribution in [3.05, 3.63) is 22.4 Å². The second kappa shape index (κ2) is 7.11. The van der Waals surface area contributed by atoms with Crippen molar-refractivity contribution in [2.45, 2.75) is 44.4 Å². The average molecular weight is 293 g/mol. The fourth-order valence-corrected chi connectivity index (χ4v) is 4.01. The predicted octanol–water partition coefficient (Wildman–Crippen LogP) is 3.48. The van der Waals surface area contributed by atoms with E-state index in [4.69, 9.17) is 4.99 Å². The second-order valence-corrected chi connectivity index (χ2v) is 6.83. The lowest BCUT2D eigenvalue weighted by molar-refractivity contribution is 0.305. The fourth-order valence-electron chi connectivity index (χ4n) is 3.03. The molecule has 112 valence electrons. The van der Waals surface area contributed by atoms with Crippen LogP contribution >= 0.6 is 11.3 Å². The summed E-state index contributed by atoms with van der Waals surface area (Å²) < 4.78 is 0. The van der Waals surface area contributed by atoms with Gasteiger partial charge < -0.3 is 10.2 Å². The highest BCUT2D eigenvalue weighted by Crippen LogP contribution is 2.41. The van der Waals surface area contributed by atoms with E-state index < -0.39 is 0 Å². The molecule has 3 nitrogen and oxygen atoms in total. The average Bonchev–Trinajstić information content (AvgIpc) is 2.99. The molecule has 1 aromatic rings. The summed E-state index contributed by atoms with van der Waals surface area (Å²) in [5.74, 6) is 1.01. The van der Waals surface area contributed by atoms with Crippen molar-refractivity contribution < 1.29 is 0 Å². The Bertz CT molecular complexity index is 417. The van der Waals surface area contributed by atoms with Crippen LogP contribution in [0.15, 0.2) is 22.5 Å². The molecule has 1 aliphatic rings. The maximum Gasteiger partial charge on any atom is 0.193 e. The molecule has 1 fully saturated rings. The van der Waals surface area contributed by atoms with Crippen molar-refractivity contribution in [1.29, 1.82) is 0 Å². The van der Waals surface area contributed by atoms with Gasteiger partial charge in [0.15, 0.2) is 5.96 Å². The quantitative estimate of drug-likeness (QED) is 0.680. The maximum absolute atomic E-state index is 4.90. The smallest absolute Gasteiger partial charge is 0.193 e. The topological polar surface area (TPSA) is 27.6 Å². The third-order valence-corrected chi connectivity index (χ3v) is 5.26. The Balaban J connectivity index is 2.18. The number of hydrogen-bond donors (Lipinski definition) is 1. The van der Waals surface area contributed by atoms with Crippen molar-refractivity contribution in [3.8, 4) is 0 Å². The van der Waals surface area contributed by atoms with Crippen LogP contribution in [0.25, 0.3) is 0 Å². The molecule has 0 aliphatic heterocycles. The van der Waals surface area contributed by atoms with Crippen LogP contribution in [0.3, 0.4) is 0 Å². The summed E-state index contributed by atoms with van der Waals surface area (Å²) in [6.07, 6.45) is 6.62. The van der Waals surface area contributed by atoms with Gasteiger partial charge in [0, 0.05) is 30.9 Å². The first-order chi connectivity index (χ1) is 9.68. The third kappa shape index (κ3) is 3.54. The van der Waals surface area contributed by atoms with Crippen LogP contribution in [0, 0.1) is 0 Å². The van der Waals surface area contributed by atoms with Gasteiger partial charge >= 0.3 is 0 Å². The normalized spacial score (nSPS) is 18.9. The molecule has 4 heteroatoms. The molecular formula is C16H27N3S. The summed E-state index contributed by atoms with van der Waals surface area (Å²) in [6.45, 7) is 3.95. The van der Waals surface area contributed by atoms with Crippen LogP contribution in [0.5, 0.6) is 0 Å². The fraction of sp³-hybridized carbons (Fsp3) is 0.688. The molecule has 1 N–H and O–H groups in total. The van der Waals surface area contributed by atoms with E-state index in [-0.39, 0.29) is 5.41 Å². The Morgan fingerprint density at radius 2 is 2.10 bits per heavy atom. The van der Waals surface area contributed by atoms with Crippen molar-refractivity contribution in [2.75, 3.05) is 27.2 Å². The van der Waals surface area contributed by atoms with Crippen molar-refractivity contribution in [2.24, 2.45) is 4.99 Å². The van der Waals surface area contributed by atoms with E-state index in [1.54, 1.807) is 0 Å². The molecule has 1 aromatic heterocycles. The summed E-state index contributed by atoms with van der Waals surface area (Å²) in [7, 11) is 4.11. The number of rotatable bonds is 4. The highest BCUT2D eigenvalue weighted by Gasteiger charge is 2.34. The van der Waals surface area contributed by atoms with Crippen LogP contribution in [-0.4, -0.2) is 38.0 Å². The third-order valence-electron chi connectivity index (χ3n) is 4.14. The van der Waals surface area contributed by atoms with Gasteiger partial charge in [-0.25, -0.2) is 0 Å². The molecule has 0 saturated heterocycles. The Morgan fingerprint density at radius 3 is 2.65 bits per heavy atom. The standard InChI is InChI=1S/C16H27N3S/c1-4-17-15(19(2)3)18-13-16(10-6-5-7-11-16)14-9-8-12-20-14/h8-9,12H,4-7,10-11,13H2,1-3H3,(H,17,18). The molecule has 0 bridgehead atoms. The molecule has 0 aromatic carbocycles. The zero-order chi connectivity index (χ0) is 14.4. The molecule has 20 heavy (non-hydrogen) atoms. The number of nitrogens with zero attached hydrogens (tertiary/aromatic N) is 2. The van der Waals surface area contributed by atoms with E-state index >= 15 is 0 Å². The second-order valence-electron chi connectivity index (χ2n) is 5.88. The van der Waals surface area contributed by atoms with Gasteiger partial charge in [0.05, 0.1) is 6.54 Å². The molecule has 2 rings (SSSR count). The lowest BCUT2D eigenvalue weighted by Gasteiger charge is -2.35. The van der Waals surface area contributed by atoms with Gasteiger partial charge in [-0.2, -0.15) is 0 Å². The minimum atomic E-state index is 0.281. The zero-order valence-electron chi connectivity index (χ0n) is 13.0. The summed E-state index contributed by atoms with van der Waals surface area (Å²) in [5, 5.41) is 5.56. The summed E-state index contributed by atoms with van der Waals surface area (Å²) in [6, 6.07) is 4.48. The molecule has 0 radical (unpaired) electrons. The van der Waals surface area contributed by atoms with Gasteiger partial charge in [0.1, 0.15) is 0 Å². The number of thiophene rings is 1. The molecule has 1 heterocycles. The Morgan fingerprint density at radius 1 is 1.35 bits per heavy atom. The maximum atomic E-state index is 4.90. The van der Waals surface area contributed by atoms with Crippen LogP contribution in [0.4, 0.5) is 0 Å². The van der Waals surface area contributed by atoms with E-state index in [2.05, 4.69) is 48.7 Å². The highest BCUT2D eigenvalue weighted by atomic mass is 32.1. The van der Waals surface area contributed by atoms with Crippen molar-refractivity contribution >= 4 is 17.3 Å².